The van der Waals surface area contributed by atoms with Crippen molar-refractivity contribution in [2.75, 3.05) is 10.6 Å². The number of hydrogen-bond acceptors (Lipinski definition) is 4. The van der Waals surface area contributed by atoms with E-state index in [1.54, 1.807) is 12.1 Å². The van der Waals surface area contributed by atoms with Crippen LogP contribution in [-0.4, -0.2) is 9.97 Å². The van der Waals surface area contributed by atoms with Crippen molar-refractivity contribution in [1.82, 2.24) is 9.97 Å². The number of aromatic nitrogens is 2. The van der Waals surface area contributed by atoms with Gasteiger partial charge in [0.1, 0.15) is 11.4 Å². The molecule has 0 atom stereocenters. The second-order valence-corrected chi connectivity index (χ2v) is 7.77. The number of halogens is 3. The quantitative estimate of drug-likeness (QED) is 0.316. The monoisotopic (exact) mass is 442 g/mol. The number of rotatable bonds is 10. The fraction of sp³-hybridized carbons (Fsp3) is 0.360. The number of unbranched alkanes of at least 4 members (excludes halogenated alkanes) is 3. The Hall–Kier alpha value is -3.09. The van der Waals surface area contributed by atoms with Gasteiger partial charge in [-0.15, -0.1) is 0 Å². The first-order valence-electron chi connectivity index (χ1n) is 11.0. The molecule has 0 saturated carbocycles. The smallest absolute Gasteiger partial charge is 0.340 e. The summed E-state index contributed by atoms with van der Waals surface area (Å²) in [6, 6.07) is 15.1. The zero-order valence-electron chi connectivity index (χ0n) is 18.5. The molecule has 32 heavy (non-hydrogen) atoms. The first-order valence-corrected chi connectivity index (χ1v) is 11.0. The van der Waals surface area contributed by atoms with Gasteiger partial charge in [0, 0.05) is 17.6 Å². The SMILES string of the molecule is CCCCCCc1ccc(Nc2ncc(C(F)(F)F)c(Nc3cccc(CC)c3)n2)cc1. The molecule has 0 saturated heterocycles. The molecule has 1 heterocycles. The van der Waals surface area contributed by atoms with Gasteiger partial charge in [-0.05, 0) is 54.7 Å². The van der Waals surface area contributed by atoms with Crippen molar-refractivity contribution in [1.29, 1.82) is 0 Å². The highest BCUT2D eigenvalue weighted by molar-refractivity contribution is 5.63. The van der Waals surface area contributed by atoms with E-state index < -0.39 is 11.7 Å². The fourth-order valence-corrected chi connectivity index (χ4v) is 3.39. The lowest BCUT2D eigenvalue weighted by Crippen LogP contribution is -2.12. The van der Waals surface area contributed by atoms with Crippen molar-refractivity contribution in [2.45, 2.75) is 58.5 Å². The minimum Gasteiger partial charge on any atom is -0.340 e. The summed E-state index contributed by atoms with van der Waals surface area (Å²) in [6.45, 7) is 4.18. The molecule has 2 aromatic carbocycles. The third-order valence-corrected chi connectivity index (χ3v) is 5.22. The van der Waals surface area contributed by atoms with Crippen molar-refractivity contribution in [2.24, 2.45) is 0 Å². The van der Waals surface area contributed by atoms with Crippen molar-refractivity contribution in [3.05, 3.63) is 71.4 Å². The van der Waals surface area contributed by atoms with Crippen molar-refractivity contribution in [3.63, 3.8) is 0 Å². The van der Waals surface area contributed by atoms with Gasteiger partial charge in [-0.1, -0.05) is 57.4 Å². The lowest BCUT2D eigenvalue weighted by molar-refractivity contribution is -0.137. The number of alkyl halides is 3. The molecular weight excluding hydrogens is 413 g/mol. The zero-order valence-corrected chi connectivity index (χ0v) is 18.5. The molecule has 0 aliphatic rings. The topological polar surface area (TPSA) is 49.8 Å². The summed E-state index contributed by atoms with van der Waals surface area (Å²) < 4.78 is 40.5. The Morgan fingerprint density at radius 3 is 2.31 bits per heavy atom. The van der Waals surface area contributed by atoms with E-state index in [1.165, 1.54) is 24.8 Å². The molecule has 0 spiro atoms. The van der Waals surface area contributed by atoms with E-state index in [1.807, 2.05) is 43.3 Å². The van der Waals surface area contributed by atoms with Crippen molar-refractivity contribution < 1.29 is 13.2 Å². The van der Waals surface area contributed by atoms with Gasteiger partial charge in [0.25, 0.3) is 0 Å². The molecule has 3 aromatic rings. The van der Waals surface area contributed by atoms with Gasteiger partial charge in [-0.3, -0.25) is 0 Å². The second kappa shape index (κ2) is 11.0. The molecule has 0 fully saturated rings. The molecule has 0 aliphatic heterocycles. The summed E-state index contributed by atoms with van der Waals surface area (Å²) in [5, 5.41) is 5.82. The van der Waals surface area contributed by atoms with Crippen LogP contribution in [0.25, 0.3) is 0 Å². The largest absolute Gasteiger partial charge is 0.421 e. The van der Waals surface area contributed by atoms with Gasteiger partial charge >= 0.3 is 6.18 Å². The minimum absolute atomic E-state index is 0.0999. The molecule has 0 aliphatic carbocycles. The van der Waals surface area contributed by atoms with Crippen LogP contribution in [0.1, 0.15) is 56.2 Å². The lowest BCUT2D eigenvalue weighted by atomic mass is 10.1. The van der Waals surface area contributed by atoms with Crippen LogP contribution in [0.15, 0.2) is 54.7 Å². The summed E-state index contributed by atoms with van der Waals surface area (Å²) in [5.74, 6) is -0.182. The minimum atomic E-state index is -4.57. The van der Waals surface area contributed by atoms with Gasteiger partial charge in [0.2, 0.25) is 5.95 Å². The Morgan fingerprint density at radius 1 is 0.844 bits per heavy atom. The first kappa shape index (κ1) is 23.6. The summed E-state index contributed by atoms with van der Waals surface area (Å²) in [7, 11) is 0. The van der Waals surface area contributed by atoms with Crippen LogP contribution < -0.4 is 10.6 Å². The van der Waals surface area contributed by atoms with Gasteiger partial charge < -0.3 is 10.6 Å². The molecule has 0 amide bonds. The van der Waals surface area contributed by atoms with E-state index in [9.17, 15) is 13.2 Å². The van der Waals surface area contributed by atoms with Crippen molar-refractivity contribution in [3.8, 4) is 0 Å². The average molecular weight is 443 g/mol. The summed E-state index contributed by atoms with van der Waals surface area (Å²) in [6.07, 6.45) is 2.85. The average Bonchev–Trinajstić information content (AvgIpc) is 2.77. The molecule has 0 bridgehead atoms. The summed E-state index contributed by atoms with van der Waals surface area (Å²) in [5.41, 5.74) is 2.62. The van der Waals surface area contributed by atoms with Gasteiger partial charge in [-0.2, -0.15) is 18.2 Å². The highest BCUT2D eigenvalue weighted by atomic mass is 19.4. The molecule has 0 unspecified atom stereocenters. The number of anilines is 4. The van der Waals surface area contributed by atoms with E-state index in [0.29, 0.717) is 5.69 Å². The fourth-order valence-electron chi connectivity index (χ4n) is 3.39. The van der Waals surface area contributed by atoms with E-state index in [2.05, 4.69) is 27.5 Å². The van der Waals surface area contributed by atoms with E-state index >= 15 is 0 Å². The number of benzene rings is 2. The van der Waals surface area contributed by atoms with Crippen LogP contribution in [0.5, 0.6) is 0 Å². The Kier molecular flexibility index (Phi) is 8.09. The molecule has 1 aromatic heterocycles. The predicted molar refractivity (Wildman–Crippen MR) is 124 cm³/mol. The molecule has 3 rings (SSSR count). The highest BCUT2D eigenvalue weighted by Gasteiger charge is 2.35. The van der Waals surface area contributed by atoms with Crippen LogP contribution in [0.2, 0.25) is 0 Å². The van der Waals surface area contributed by atoms with Crippen LogP contribution in [0.3, 0.4) is 0 Å². The van der Waals surface area contributed by atoms with Crippen molar-refractivity contribution >= 4 is 23.1 Å². The van der Waals surface area contributed by atoms with Crippen LogP contribution >= 0.6 is 0 Å². The maximum Gasteiger partial charge on any atom is 0.421 e. The molecule has 2 N–H and O–H groups in total. The number of hydrogen-bond donors (Lipinski definition) is 2. The maximum atomic E-state index is 13.5. The third-order valence-electron chi connectivity index (χ3n) is 5.22. The van der Waals surface area contributed by atoms with E-state index in [-0.39, 0.29) is 11.8 Å². The van der Waals surface area contributed by atoms with Crippen LogP contribution in [0, 0.1) is 0 Å². The number of nitrogens with zero attached hydrogens (tertiary/aromatic N) is 2. The highest BCUT2D eigenvalue weighted by Crippen LogP contribution is 2.35. The number of aryl methyl sites for hydroxylation is 2. The third kappa shape index (κ3) is 6.70. The molecule has 0 radical (unpaired) electrons. The van der Waals surface area contributed by atoms with Gasteiger partial charge in [0.15, 0.2) is 0 Å². The first-order chi connectivity index (χ1) is 15.4. The standard InChI is InChI=1S/C25H29F3N4/c1-3-5-6-7-9-19-12-14-20(15-13-19)31-24-29-17-22(25(26,27)28)23(32-24)30-21-11-8-10-18(4-2)16-21/h8,10-17H,3-7,9H2,1-2H3,(H2,29,30,31,32). The number of nitrogens with one attached hydrogen (secondary N) is 2. The van der Waals surface area contributed by atoms with Gasteiger partial charge in [0.05, 0.1) is 0 Å². The zero-order chi connectivity index (χ0) is 23.0. The molecule has 7 heteroatoms. The summed E-state index contributed by atoms with van der Waals surface area (Å²) in [4.78, 5) is 8.01. The molecular formula is C25H29F3N4. The normalized spacial score (nSPS) is 11.4. The Labute approximate surface area is 187 Å². The summed E-state index contributed by atoms with van der Waals surface area (Å²) >= 11 is 0. The Balaban J connectivity index is 1.76. The Bertz CT molecular complexity index is 1000. The van der Waals surface area contributed by atoms with Crippen LogP contribution in [-0.2, 0) is 19.0 Å². The molecule has 4 nitrogen and oxygen atoms in total. The second-order valence-electron chi connectivity index (χ2n) is 7.77. The van der Waals surface area contributed by atoms with Gasteiger partial charge in [-0.25, -0.2) is 4.98 Å². The van der Waals surface area contributed by atoms with E-state index in [0.717, 1.165) is 36.7 Å². The predicted octanol–water partition coefficient (Wildman–Crippen LogP) is 7.67. The van der Waals surface area contributed by atoms with E-state index in [4.69, 9.17) is 0 Å². The maximum absolute atomic E-state index is 13.5. The van der Waals surface area contributed by atoms with Crippen LogP contribution in [0.4, 0.5) is 36.3 Å². The lowest BCUT2D eigenvalue weighted by Gasteiger charge is -2.15. The Morgan fingerprint density at radius 2 is 1.62 bits per heavy atom. The molecule has 170 valence electrons.